The Labute approximate surface area is 109 Å². The van der Waals surface area contributed by atoms with Crippen LogP contribution in [-0.2, 0) is 0 Å². The van der Waals surface area contributed by atoms with E-state index in [9.17, 15) is 4.79 Å². The van der Waals surface area contributed by atoms with Crippen molar-refractivity contribution in [3.05, 3.63) is 23.1 Å². The van der Waals surface area contributed by atoms with Crippen molar-refractivity contribution >= 4 is 33.3 Å². The predicted octanol–water partition coefficient (Wildman–Crippen LogP) is 0.805. The fraction of sp³-hybridized carbons (Fsp3) is 0.333. The van der Waals surface area contributed by atoms with Gasteiger partial charge in [0.25, 0.3) is 5.91 Å². The lowest BCUT2D eigenvalue weighted by Gasteiger charge is -2.28. The molecule has 3 rings (SSSR count). The Hall–Kier alpha value is -1.66. The molecule has 0 atom stereocenters. The van der Waals surface area contributed by atoms with Gasteiger partial charge in [-0.05, 0) is 18.2 Å². The number of amides is 1. The molecular weight excluding hydrogens is 248 g/mol. The van der Waals surface area contributed by atoms with Crippen molar-refractivity contribution in [2.24, 2.45) is 5.73 Å². The van der Waals surface area contributed by atoms with E-state index in [-0.39, 0.29) is 5.91 Å². The number of pyridine rings is 1. The second-order valence-electron chi connectivity index (χ2n) is 4.28. The van der Waals surface area contributed by atoms with Crippen molar-refractivity contribution in [3.8, 4) is 0 Å². The van der Waals surface area contributed by atoms with Gasteiger partial charge >= 0.3 is 0 Å². The monoisotopic (exact) mass is 262 g/mol. The molecule has 2 aromatic rings. The number of primary amides is 1. The van der Waals surface area contributed by atoms with Crippen molar-refractivity contribution in [2.75, 3.05) is 31.1 Å². The highest BCUT2D eigenvalue weighted by molar-refractivity contribution is 7.20. The molecule has 0 radical (unpaired) electrons. The van der Waals surface area contributed by atoms with Crippen LogP contribution in [0.3, 0.4) is 0 Å². The van der Waals surface area contributed by atoms with E-state index >= 15 is 0 Å². The lowest BCUT2D eigenvalue weighted by atomic mass is 10.3. The summed E-state index contributed by atoms with van der Waals surface area (Å²) in [5.74, 6) is 0.587. The molecular formula is C12H14N4OS. The summed E-state index contributed by atoms with van der Waals surface area (Å²) in [6.07, 6.45) is 0. The Morgan fingerprint density at radius 3 is 2.89 bits per heavy atom. The Balaban J connectivity index is 1.96. The van der Waals surface area contributed by atoms with Crippen LogP contribution in [0.5, 0.6) is 0 Å². The Morgan fingerprint density at radius 1 is 1.39 bits per heavy atom. The number of fused-ring (bicyclic) bond motifs is 1. The molecule has 1 aliphatic heterocycles. The second-order valence-corrected chi connectivity index (χ2v) is 5.31. The van der Waals surface area contributed by atoms with Gasteiger partial charge in [-0.15, -0.1) is 11.3 Å². The van der Waals surface area contributed by atoms with Crippen molar-refractivity contribution in [1.82, 2.24) is 10.3 Å². The summed E-state index contributed by atoms with van der Waals surface area (Å²) in [6, 6.07) is 5.81. The molecule has 1 saturated heterocycles. The van der Waals surface area contributed by atoms with Crippen LogP contribution in [0.4, 0.5) is 5.82 Å². The van der Waals surface area contributed by atoms with Gasteiger partial charge in [0, 0.05) is 31.6 Å². The smallest absolute Gasteiger partial charge is 0.258 e. The van der Waals surface area contributed by atoms with Gasteiger partial charge in [0.15, 0.2) is 0 Å². The van der Waals surface area contributed by atoms with E-state index in [1.807, 2.05) is 12.1 Å². The van der Waals surface area contributed by atoms with E-state index in [2.05, 4.69) is 15.2 Å². The molecule has 1 fully saturated rings. The highest BCUT2D eigenvalue weighted by atomic mass is 32.1. The van der Waals surface area contributed by atoms with Crippen LogP contribution in [0.25, 0.3) is 10.2 Å². The molecule has 3 N–H and O–H groups in total. The molecule has 2 aromatic heterocycles. The number of nitrogens with two attached hydrogens (primary N) is 1. The number of rotatable bonds is 2. The highest BCUT2D eigenvalue weighted by Gasteiger charge is 2.13. The Bertz CT molecular complexity index is 589. The molecule has 0 aliphatic carbocycles. The number of anilines is 1. The maximum atomic E-state index is 11.1. The molecule has 5 nitrogen and oxygen atoms in total. The maximum absolute atomic E-state index is 11.1. The summed E-state index contributed by atoms with van der Waals surface area (Å²) < 4.78 is 0. The minimum absolute atomic E-state index is 0.387. The van der Waals surface area contributed by atoms with Crippen LogP contribution in [0, 0.1) is 0 Å². The molecule has 0 spiro atoms. The van der Waals surface area contributed by atoms with Gasteiger partial charge in [-0.3, -0.25) is 4.79 Å². The number of aromatic nitrogens is 1. The summed E-state index contributed by atoms with van der Waals surface area (Å²) in [7, 11) is 0. The van der Waals surface area contributed by atoms with E-state index in [0.717, 1.165) is 42.2 Å². The first-order valence-corrected chi connectivity index (χ1v) is 6.72. The molecule has 6 heteroatoms. The molecule has 1 amide bonds. The lowest BCUT2D eigenvalue weighted by Crippen LogP contribution is -2.43. The van der Waals surface area contributed by atoms with Crippen LogP contribution in [-0.4, -0.2) is 37.1 Å². The highest BCUT2D eigenvalue weighted by Crippen LogP contribution is 2.26. The molecule has 0 bridgehead atoms. The van der Waals surface area contributed by atoms with E-state index in [1.165, 1.54) is 11.3 Å². The zero-order valence-electron chi connectivity index (χ0n) is 9.85. The standard InChI is InChI=1S/C12H14N4OS/c13-11(17)9-7-8-1-2-10(15-12(8)18-9)16-5-3-14-4-6-16/h1-2,7,14H,3-6H2,(H2,13,17). The summed E-state index contributed by atoms with van der Waals surface area (Å²) in [5, 5.41) is 4.29. The number of carbonyl (C=O) groups excluding carboxylic acids is 1. The zero-order chi connectivity index (χ0) is 12.5. The SMILES string of the molecule is NC(=O)c1cc2ccc(N3CCNCC3)nc2s1. The summed E-state index contributed by atoms with van der Waals surface area (Å²) >= 11 is 1.36. The fourth-order valence-corrected chi connectivity index (χ4v) is 2.98. The van der Waals surface area contributed by atoms with Gasteiger partial charge in [-0.25, -0.2) is 4.98 Å². The van der Waals surface area contributed by atoms with E-state index < -0.39 is 0 Å². The Kier molecular flexibility index (Phi) is 2.89. The van der Waals surface area contributed by atoms with Gasteiger partial charge in [0.05, 0.1) is 4.88 Å². The molecule has 0 unspecified atom stereocenters. The average Bonchev–Trinajstić information content (AvgIpc) is 2.82. The Morgan fingerprint density at radius 2 is 2.17 bits per heavy atom. The molecule has 0 saturated carbocycles. The molecule has 1 aliphatic rings. The third-order valence-corrected chi connectivity index (χ3v) is 4.11. The van der Waals surface area contributed by atoms with Gasteiger partial charge in [0.1, 0.15) is 10.6 Å². The van der Waals surface area contributed by atoms with Gasteiger partial charge in [0.2, 0.25) is 0 Å². The molecule has 3 heterocycles. The number of piperazine rings is 1. The molecule has 94 valence electrons. The van der Waals surface area contributed by atoms with Crippen LogP contribution < -0.4 is 16.0 Å². The van der Waals surface area contributed by atoms with Crippen LogP contribution in [0.1, 0.15) is 9.67 Å². The number of thiophene rings is 1. The van der Waals surface area contributed by atoms with Crippen LogP contribution in [0.2, 0.25) is 0 Å². The van der Waals surface area contributed by atoms with Crippen LogP contribution in [0.15, 0.2) is 18.2 Å². The largest absolute Gasteiger partial charge is 0.365 e. The summed E-state index contributed by atoms with van der Waals surface area (Å²) in [4.78, 5) is 19.4. The van der Waals surface area contributed by atoms with Crippen molar-refractivity contribution in [1.29, 1.82) is 0 Å². The van der Waals surface area contributed by atoms with Crippen molar-refractivity contribution in [3.63, 3.8) is 0 Å². The lowest BCUT2D eigenvalue weighted by molar-refractivity contribution is 0.100. The van der Waals surface area contributed by atoms with Crippen LogP contribution >= 0.6 is 11.3 Å². The van der Waals surface area contributed by atoms with E-state index in [0.29, 0.717) is 4.88 Å². The van der Waals surface area contributed by atoms with Gasteiger partial charge < -0.3 is 16.0 Å². The number of hydrogen-bond acceptors (Lipinski definition) is 5. The van der Waals surface area contributed by atoms with Gasteiger partial charge in [-0.1, -0.05) is 0 Å². The quantitative estimate of drug-likeness (QED) is 0.840. The normalized spacial score (nSPS) is 16.1. The minimum Gasteiger partial charge on any atom is -0.365 e. The third-order valence-electron chi connectivity index (χ3n) is 3.05. The predicted molar refractivity (Wildman–Crippen MR) is 73.2 cm³/mol. The average molecular weight is 262 g/mol. The first-order chi connectivity index (χ1) is 8.74. The number of nitrogens with one attached hydrogen (secondary N) is 1. The zero-order valence-corrected chi connectivity index (χ0v) is 10.7. The second kappa shape index (κ2) is 4.55. The number of carbonyl (C=O) groups is 1. The fourth-order valence-electron chi connectivity index (χ4n) is 2.10. The number of nitrogens with zero attached hydrogens (tertiary/aromatic N) is 2. The first kappa shape index (κ1) is 11.4. The number of hydrogen-bond donors (Lipinski definition) is 2. The van der Waals surface area contributed by atoms with Crippen molar-refractivity contribution < 1.29 is 4.79 Å². The van der Waals surface area contributed by atoms with E-state index in [1.54, 1.807) is 6.07 Å². The topological polar surface area (TPSA) is 71.2 Å². The van der Waals surface area contributed by atoms with Crippen molar-refractivity contribution in [2.45, 2.75) is 0 Å². The first-order valence-electron chi connectivity index (χ1n) is 5.90. The summed E-state index contributed by atoms with van der Waals surface area (Å²) in [6.45, 7) is 3.90. The summed E-state index contributed by atoms with van der Waals surface area (Å²) in [5.41, 5.74) is 5.28. The van der Waals surface area contributed by atoms with E-state index in [4.69, 9.17) is 5.73 Å². The third kappa shape index (κ3) is 2.04. The molecule has 18 heavy (non-hydrogen) atoms. The van der Waals surface area contributed by atoms with Gasteiger partial charge in [-0.2, -0.15) is 0 Å². The maximum Gasteiger partial charge on any atom is 0.258 e. The minimum atomic E-state index is -0.387. The molecule has 0 aromatic carbocycles.